The van der Waals surface area contributed by atoms with E-state index < -0.39 is 18.2 Å². The monoisotopic (exact) mass is 441 g/mol. The van der Waals surface area contributed by atoms with Gasteiger partial charge >= 0.3 is 12.2 Å². The summed E-state index contributed by atoms with van der Waals surface area (Å²) in [5.41, 5.74) is 1.38. The van der Waals surface area contributed by atoms with Gasteiger partial charge in [-0.1, -0.05) is 41.4 Å². The Balaban J connectivity index is 1.76. The van der Waals surface area contributed by atoms with Gasteiger partial charge in [0.1, 0.15) is 0 Å². The Kier molecular flexibility index (Phi) is 5.12. The molecule has 0 bridgehead atoms. The number of fused-ring (bicyclic) bond motifs is 3. The third-order valence-corrected chi connectivity index (χ3v) is 5.56. The molecular formula is C20H16Cl2F3N3O. The number of carbonyl (C=O) groups is 1. The van der Waals surface area contributed by atoms with Crippen LogP contribution in [0.25, 0.3) is 10.9 Å². The van der Waals surface area contributed by atoms with Gasteiger partial charge in [-0.05, 0) is 42.7 Å². The van der Waals surface area contributed by atoms with Crippen LogP contribution in [0, 0.1) is 0 Å². The number of amides is 2. The second kappa shape index (κ2) is 7.46. The zero-order chi connectivity index (χ0) is 20.8. The van der Waals surface area contributed by atoms with Gasteiger partial charge in [0.15, 0.2) is 6.04 Å². The van der Waals surface area contributed by atoms with E-state index >= 15 is 0 Å². The highest BCUT2D eigenvalue weighted by Gasteiger charge is 2.49. The molecule has 0 fully saturated rings. The Morgan fingerprint density at radius 2 is 1.93 bits per heavy atom. The van der Waals surface area contributed by atoms with Crippen molar-refractivity contribution in [2.45, 2.75) is 25.1 Å². The van der Waals surface area contributed by atoms with Crippen molar-refractivity contribution in [2.24, 2.45) is 0 Å². The van der Waals surface area contributed by atoms with Gasteiger partial charge < -0.3 is 15.2 Å². The molecule has 4 nitrogen and oxygen atoms in total. The predicted octanol–water partition coefficient (Wildman–Crippen LogP) is 6.56. The van der Waals surface area contributed by atoms with E-state index in [-0.39, 0.29) is 22.9 Å². The van der Waals surface area contributed by atoms with Gasteiger partial charge in [0.25, 0.3) is 0 Å². The van der Waals surface area contributed by atoms with Gasteiger partial charge in [-0.2, -0.15) is 13.2 Å². The Bertz CT molecular complexity index is 1080. The SMILES string of the molecule is O=C(Nc1cc(Cl)ccc1Cl)N1CCCc2c([nH]c3ccccc23)C1C(F)(F)F. The van der Waals surface area contributed by atoms with Crippen LogP contribution in [-0.2, 0) is 6.42 Å². The van der Waals surface area contributed by atoms with E-state index in [1.807, 2.05) is 0 Å². The molecule has 0 aliphatic carbocycles. The summed E-state index contributed by atoms with van der Waals surface area (Å²) in [6.07, 6.45) is -3.82. The minimum Gasteiger partial charge on any atom is -0.356 e. The first-order valence-corrected chi connectivity index (χ1v) is 9.70. The highest BCUT2D eigenvalue weighted by molar-refractivity contribution is 6.35. The Labute approximate surface area is 174 Å². The first-order valence-electron chi connectivity index (χ1n) is 8.94. The van der Waals surface area contributed by atoms with Crippen LogP contribution in [0.4, 0.5) is 23.7 Å². The number of carbonyl (C=O) groups excluding carboxylic acids is 1. The van der Waals surface area contributed by atoms with E-state index in [1.165, 1.54) is 18.2 Å². The summed E-state index contributed by atoms with van der Waals surface area (Å²) in [5, 5.41) is 3.72. The molecule has 1 atom stereocenters. The fourth-order valence-corrected chi connectivity index (χ4v) is 4.11. The number of aromatic amines is 1. The lowest BCUT2D eigenvalue weighted by Crippen LogP contribution is -2.44. The number of urea groups is 1. The summed E-state index contributed by atoms with van der Waals surface area (Å²) in [7, 11) is 0. The number of nitrogens with zero attached hydrogens (tertiary/aromatic N) is 1. The Morgan fingerprint density at radius 3 is 2.69 bits per heavy atom. The molecule has 2 N–H and O–H groups in total. The molecule has 1 aromatic heterocycles. The lowest BCUT2D eigenvalue weighted by Gasteiger charge is -2.31. The molecule has 2 aromatic carbocycles. The molecule has 1 aliphatic rings. The van der Waals surface area contributed by atoms with Crippen molar-refractivity contribution in [3.05, 3.63) is 63.8 Å². The predicted molar refractivity (Wildman–Crippen MR) is 108 cm³/mol. The van der Waals surface area contributed by atoms with Crippen molar-refractivity contribution in [3.63, 3.8) is 0 Å². The minimum absolute atomic E-state index is 0.00328. The van der Waals surface area contributed by atoms with Gasteiger partial charge in [0, 0.05) is 22.5 Å². The highest BCUT2D eigenvalue weighted by atomic mass is 35.5. The number of aromatic nitrogens is 1. The molecule has 1 aliphatic heterocycles. The minimum atomic E-state index is -4.66. The fraction of sp³-hybridized carbons (Fsp3) is 0.250. The van der Waals surface area contributed by atoms with Gasteiger partial charge in [-0.15, -0.1) is 0 Å². The summed E-state index contributed by atoms with van der Waals surface area (Å²) in [6, 6.07) is 8.49. The standard InChI is InChI=1S/C20H16Cl2F3N3O/c21-11-7-8-14(22)16(10-11)27-19(29)28-9-3-5-13-12-4-1-2-6-15(12)26-17(13)18(28)20(23,24)25/h1-2,4,6-8,10,18,26H,3,5,9H2,(H,27,29). The number of para-hydroxylation sites is 1. The summed E-state index contributed by atoms with van der Waals surface area (Å²) in [6.45, 7) is -0.0506. The van der Waals surface area contributed by atoms with Gasteiger partial charge in [-0.3, -0.25) is 0 Å². The molecule has 2 heterocycles. The molecule has 0 spiro atoms. The summed E-state index contributed by atoms with van der Waals surface area (Å²) >= 11 is 12.0. The molecule has 0 saturated heterocycles. The molecule has 4 rings (SSSR count). The maximum atomic E-state index is 14.1. The average Bonchev–Trinajstić information content (AvgIpc) is 2.88. The molecule has 2 amide bonds. The molecule has 3 aromatic rings. The zero-order valence-electron chi connectivity index (χ0n) is 15.0. The van der Waals surface area contributed by atoms with Crippen LogP contribution in [0.5, 0.6) is 0 Å². The Hall–Kier alpha value is -2.38. The van der Waals surface area contributed by atoms with Crippen molar-refractivity contribution in [1.82, 2.24) is 9.88 Å². The number of nitrogens with one attached hydrogen (secondary N) is 2. The van der Waals surface area contributed by atoms with E-state index in [0.29, 0.717) is 28.9 Å². The van der Waals surface area contributed by atoms with Crippen LogP contribution < -0.4 is 5.32 Å². The molecule has 1 unspecified atom stereocenters. The van der Waals surface area contributed by atoms with E-state index in [1.54, 1.807) is 24.3 Å². The van der Waals surface area contributed by atoms with Crippen molar-refractivity contribution in [2.75, 3.05) is 11.9 Å². The molecule has 29 heavy (non-hydrogen) atoms. The number of alkyl halides is 3. The summed E-state index contributed by atoms with van der Waals surface area (Å²) < 4.78 is 42.4. The quantitative estimate of drug-likeness (QED) is 0.441. The first-order chi connectivity index (χ1) is 13.8. The number of rotatable bonds is 1. The van der Waals surface area contributed by atoms with E-state index in [4.69, 9.17) is 23.2 Å². The van der Waals surface area contributed by atoms with Crippen LogP contribution in [0.15, 0.2) is 42.5 Å². The van der Waals surface area contributed by atoms with Gasteiger partial charge in [0.05, 0.1) is 16.4 Å². The number of benzene rings is 2. The second-order valence-electron chi connectivity index (χ2n) is 6.86. The van der Waals surface area contributed by atoms with Crippen LogP contribution in [-0.4, -0.2) is 28.6 Å². The van der Waals surface area contributed by atoms with Crippen molar-refractivity contribution >= 4 is 45.8 Å². The summed E-state index contributed by atoms with van der Waals surface area (Å²) in [5.74, 6) is 0. The lowest BCUT2D eigenvalue weighted by molar-refractivity contribution is -0.178. The molecule has 9 heteroatoms. The molecular weight excluding hydrogens is 426 g/mol. The van der Waals surface area contributed by atoms with Gasteiger partial charge in [0.2, 0.25) is 0 Å². The van der Waals surface area contributed by atoms with E-state index in [2.05, 4.69) is 10.3 Å². The number of H-pyrrole nitrogens is 1. The third kappa shape index (κ3) is 3.76. The fourth-order valence-electron chi connectivity index (χ4n) is 3.77. The third-order valence-electron chi connectivity index (χ3n) is 5.00. The Morgan fingerprint density at radius 1 is 1.17 bits per heavy atom. The van der Waals surface area contributed by atoms with Crippen LogP contribution in [0.1, 0.15) is 23.7 Å². The van der Waals surface area contributed by atoms with Crippen LogP contribution in [0.2, 0.25) is 10.0 Å². The molecule has 152 valence electrons. The number of hydrogen-bond acceptors (Lipinski definition) is 1. The van der Waals surface area contributed by atoms with E-state index in [9.17, 15) is 18.0 Å². The van der Waals surface area contributed by atoms with Crippen molar-refractivity contribution < 1.29 is 18.0 Å². The topological polar surface area (TPSA) is 48.1 Å². The first kappa shape index (κ1) is 19.9. The smallest absolute Gasteiger partial charge is 0.356 e. The van der Waals surface area contributed by atoms with E-state index in [0.717, 1.165) is 10.3 Å². The largest absolute Gasteiger partial charge is 0.414 e. The van der Waals surface area contributed by atoms with Crippen molar-refractivity contribution in [3.8, 4) is 0 Å². The average molecular weight is 442 g/mol. The highest BCUT2D eigenvalue weighted by Crippen LogP contribution is 2.43. The second-order valence-corrected chi connectivity index (χ2v) is 7.70. The van der Waals surface area contributed by atoms with Crippen LogP contribution in [0.3, 0.4) is 0 Å². The number of hydrogen-bond donors (Lipinski definition) is 2. The lowest BCUT2D eigenvalue weighted by atomic mass is 10.0. The van der Waals surface area contributed by atoms with Crippen molar-refractivity contribution in [1.29, 1.82) is 0 Å². The number of anilines is 1. The zero-order valence-corrected chi connectivity index (χ0v) is 16.5. The normalized spacial score (nSPS) is 17.1. The van der Waals surface area contributed by atoms with Crippen LogP contribution >= 0.6 is 23.2 Å². The maximum absolute atomic E-state index is 14.1. The number of aryl methyl sites for hydroxylation is 1. The maximum Gasteiger partial charge on any atom is 0.414 e. The molecule has 0 radical (unpaired) electrons. The summed E-state index contributed by atoms with van der Waals surface area (Å²) in [4.78, 5) is 16.6. The number of halogens is 5. The molecule has 0 saturated carbocycles. The van der Waals surface area contributed by atoms with Gasteiger partial charge in [-0.25, -0.2) is 4.79 Å².